The molecule has 0 spiro atoms. The highest BCUT2D eigenvalue weighted by atomic mass is 16.6. The van der Waals surface area contributed by atoms with Gasteiger partial charge in [0.2, 0.25) is 11.8 Å². The summed E-state index contributed by atoms with van der Waals surface area (Å²) in [7, 11) is -1.14. The minimum absolute atomic E-state index is 0.134. The van der Waals surface area contributed by atoms with Gasteiger partial charge in [0.25, 0.3) is 5.69 Å². The molecule has 0 radical (unpaired) electrons. The van der Waals surface area contributed by atoms with Crippen LogP contribution in [0.3, 0.4) is 0 Å². The number of aliphatic hydroxyl groups excluding tert-OH is 1. The van der Waals surface area contributed by atoms with Crippen molar-refractivity contribution in [1.82, 2.24) is 0 Å². The summed E-state index contributed by atoms with van der Waals surface area (Å²) in [4.78, 5) is 39.8. The number of aliphatic hydroxyl groups is 1. The van der Waals surface area contributed by atoms with E-state index in [2.05, 4.69) is 0 Å². The lowest BCUT2D eigenvalue weighted by atomic mass is 9.58. The summed E-state index contributed by atoms with van der Waals surface area (Å²) in [5, 5.41) is 31.6. The number of anilines is 1. The largest absolute Gasteiger partial charge is 0.489 e. The smallest absolute Gasteiger partial charge is 0.455 e. The molecule has 0 unspecified atom stereocenters. The number of non-ortho nitro benzene ring substituents is 1. The Morgan fingerprint density at radius 2 is 1.91 bits per heavy atom. The molecule has 2 fully saturated rings. The van der Waals surface area contributed by atoms with Gasteiger partial charge in [-0.05, 0) is 86.0 Å². The molecule has 6 rings (SSSR count). The van der Waals surface area contributed by atoms with Crippen molar-refractivity contribution in [2.75, 3.05) is 11.5 Å². The van der Waals surface area contributed by atoms with E-state index in [1.807, 2.05) is 43.3 Å². The van der Waals surface area contributed by atoms with Crippen LogP contribution in [0.5, 0.6) is 5.75 Å². The van der Waals surface area contributed by atoms with Crippen LogP contribution in [-0.4, -0.2) is 46.7 Å². The van der Waals surface area contributed by atoms with Gasteiger partial charge in [0, 0.05) is 12.1 Å². The lowest BCUT2D eigenvalue weighted by Crippen LogP contribution is -2.46. The van der Waals surface area contributed by atoms with Crippen LogP contribution in [0, 0.1) is 27.9 Å². The van der Waals surface area contributed by atoms with E-state index in [1.54, 1.807) is 12.1 Å². The average molecular weight is 612 g/mol. The number of allylic oxidation sites excluding steroid dienone is 1. The number of carbonyl (C=O) groups excluding carboxylic acids is 2. The zero-order valence-corrected chi connectivity index (χ0v) is 24.7. The predicted octanol–water partition coefficient (Wildman–Crippen LogP) is 4.94. The van der Waals surface area contributed by atoms with E-state index >= 15 is 0 Å². The minimum atomic E-state index is -1.14. The number of hydrogen-bond acceptors (Lipinski definition) is 9. The highest BCUT2D eigenvalue weighted by molar-refractivity contribution is 6.43. The van der Waals surface area contributed by atoms with Crippen LogP contribution in [-0.2, 0) is 20.9 Å². The first-order valence-corrected chi connectivity index (χ1v) is 15.0. The first-order valence-electron chi connectivity index (χ1n) is 15.0. The Bertz CT molecular complexity index is 1670. The van der Waals surface area contributed by atoms with Crippen molar-refractivity contribution in [3.8, 4) is 5.75 Å². The number of benzene rings is 2. The molecule has 0 bridgehead atoms. The Kier molecular flexibility index (Phi) is 8.71. The van der Waals surface area contributed by atoms with E-state index in [0.717, 1.165) is 21.6 Å². The van der Waals surface area contributed by atoms with Crippen LogP contribution in [0.1, 0.15) is 37.7 Å². The van der Waals surface area contributed by atoms with Crippen LogP contribution in [0.2, 0.25) is 6.32 Å². The maximum atomic E-state index is 14.0. The fraction of sp³-hybridized carbons (Fsp3) is 0.333. The van der Waals surface area contributed by atoms with Crippen molar-refractivity contribution >= 4 is 36.4 Å². The number of hydrogen-bond donors (Lipinski definition) is 2. The Labute approximate surface area is 260 Å². The average Bonchev–Trinajstić information content (AvgIpc) is 3.59. The third-order valence-electron chi connectivity index (χ3n) is 8.79. The van der Waals surface area contributed by atoms with Gasteiger partial charge in [0.05, 0.1) is 28.6 Å². The van der Waals surface area contributed by atoms with Crippen molar-refractivity contribution < 1.29 is 38.5 Å². The van der Waals surface area contributed by atoms with E-state index < -0.39 is 47.7 Å². The summed E-state index contributed by atoms with van der Waals surface area (Å²) in [5.74, 6) is -1.03. The number of fused-ring (bicyclic) bond motifs is 3. The maximum absolute atomic E-state index is 14.0. The van der Waals surface area contributed by atoms with Crippen molar-refractivity contribution in [3.63, 3.8) is 0 Å². The number of furan rings is 1. The molecular weight excluding hydrogens is 579 g/mol. The van der Waals surface area contributed by atoms with Gasteiger partial charge in [-0.2, -0.15) is 0 Å². The lowest BCUT2D eigenvalue weighted by Gasteiger charge is -2.43. The van der Waals surface area contributed by atoms with Crippen LogP contribution >= 0.6 is 0 Å². The van der Waals surface area contributed by atoms with Crippen molar-refractivity contribution in [3.05, 3.63) is 105 Å². The van der Waals surface area contributed by atoms with Gasteiger partial charge in [-0.3, -0.25) is 19.7 Å². The number of nitro groups is 1. The number of rotatable bonds is 10. The van der Waals surface area contributed by atoms with Crippen LogP contribution in [0.15, 0.2) is 87.9 Å². The Hall–Kier alpha value is -4.52. The monoisotopic (exact) mass is 612 g/mol. The lowest BCUT2D eigenvalue weighted by molar-refractivity contribution is -0.384. The molecule has 2 aliphatic heterocycles. The van der Waals surface area contributed by atoms with Gasteiger partial charge in [0.15, 0.2) is 0 Å². The Balaban J connectivity index is 1.32. The molecule has 11 nitrogen and oxygen atoms in total. The molecule has 1 aromatic heterocycles. The quantitative estimate of drug-likeness (QED) is 0.107. The Morgan fingerprint density at radius 1 is 1.11 bits per heavy atom. The van der Waals surface area contributed by atoms with E-state index in [-0.39, 0.29) is 37.3 Å². The second-order valence-corrected chi connectivity index (χ2v) is 11.7. The van der Waals surface area contributed by atoms with Gasteiger partial charge in [-0.25, -0.2) is 4.90 Å². The van der Waals surface area contributed by atoms with E-state index in [9.17, 15) is 29.8 Å². The fourth-order valence-corrected chi connectivity index (χ4v) is 6.81. The van der Waals surface area contributed by atoms with Gasteiger partial charge < -0.3 is 23.9 Å². The second-order valence-electron chi connectivity index (χ2n) is 11.7. The number of amides is 2. The highest BCUT2D eigenvalue weighted by Crippen LogP contribution is 2.51. The van der Waals surface area contributed by atoms with Gasteiger partial charge in [-0.1, -0.05) is 29.8 Å². The highest BCUT2D eigenvalue weighted by Gasteiger charge is 2.57. The van der Waals surface area contributed by atoms with Crippen LogP contribution in [0.4, 0.5) is 11.4 Å². The first-order chi connectivity index (χ1) is 21.7. The van der Waals surface area contributed by atoms with Gasteiger partial charge in [-0.15, -0.1) is 0 Å². The summed E-state index contributed by atoms with van der Waals surface area (Å²) in [5.41, 5.74) is 2.65. The molecule has 3 heterocycles. The summed E-state index contributed by atoms with van der Waals surface area (Å²) in [6.07, 6.45) is 2.85. The first kappa shape index (κ1) is 30.5. The molecule has 45 heavy (non-hydrogen) atoms. The third kappa shape index (κ3) is 6.21. The van der Waals surface area contributed by atoms with Crippen molar-refractivity contribution in [1.29, 1.82) is 0 Å². The van der Waals surface area contributed by atoms with Crippen molar-refractivity contribution in [2.45, 2.75) is 45.2 Å². The number of ether oxygens (including phenoxy) is 1. The van der Waals surface area contributed by atoms with Crippen molar-refractivity contribution in [2.24, 2.45) is 17.8 Å². The second kappa shape index (κ2) is 12.8. The molecule has 4 atom stereocenters. The summed E-state index contributed by atoms with van der Waals surface area (Å²) in [6.45, 7) is 1.95. The molecule has 2 N–H and O–H groups in total. The number of carbonyl (C=O) groups is 2. The van der Waals surface area contributed by atoms with E-state index in [1.165, 1.54) is 24.3 Å². The van der Waals surface area contributed by atoms with Crippen LogP contribution in [0.25, 0.3) is 6.08 Å². The molecule has 12 heteroatoms. The molecule has 1 aliphatic carbocycles. The molecule has 2 aromatic carbocycles. The van der Waals surface area contributed by atoms with E-state index in [4.69, 9.17) is 13.8 Å². The topological polar surface area (TPSA) is 153 Å². The Morgan fingerprint density at radius 3 is 2.64 bits per heavy atom. The molecule has 3 aliphatic rings. The standard InChI is InChI=1S/C33H33BN2O9/c1-20(14-25-11-12-26(18-37)44-25)10-13-29-30-21(19-43-24-8-3-2-4-9-24)15-27-31(28(30)17-34(40)45-29)33(39)35(32(27)38)22-6-5-7-23(16-22)36(41)42/h2-9,11-12,14,16,27-29,31,37,40H,10,13,15,17-19H2,1H3/b20-14+/t27-,28+,29-,31-/m1/s1. The maximum Gasteiger partial charge on any atom is 0.455 e. The number of nitro benzene ring substituents is 1. The zero-order valence-electron chi connectivity index (χ0n) is 24.7. The third-order valence-corrected chi connectivity index (χ3v) is 8.79. The number of imide groups is 1. The molecular formula is C33H33BN2O9. The molecule has 3 aromatic rings. The summed E-state index contributed by atoms with van der Waals surface area (Å²) >= 11 is 0. The SMILES string of the molecule is C/C(=C\c1ccc(CO)o1)CC[C@H]1OB(O)C[C@H]2C1=C(COc1ccccc1)C[C@H]1C(=O)N(c3cccc([N+](=O)[O-])c3)C(=O)[C@H]12. The minimum Gasteiger partial charge on any atom is -0.489 e. The van der Waals surface area contributed by atoms with Gasteiger partial charge in [0.1, 0.15) is 30.5 Å². The summed E-state index contributed by atoms with van der Waals surface area (Å²) in [6, 6.07) is 18.3. The van der Waals surface area contributed by atoms with Gasteiger partial charge >= 0.3 is 7.12 Å². The summed E-state index contributed by atoms with van der Waals surface area (Å²) < 4.78 is 17.8. The molecule has 232 valence electrons. The molecule has 2 saturated heterocycles. The number of nitrogens with zero attached hydrogens (tertiary/aromatic N) is 2. The molecule has 0 saturated carbocycles. The predicted molar refractivity (Wildman–Crippen MR) is 165 cm³/mol. The van der Waals surface area contributed by atoms with E-state index in [0.29, 0.717) is 30.1 Å². The fourth-order valence-electron chi connectivity index (χ4n) is 6.81. The molecule has 2 amide bonds. The normalized spacial score (nSPS) is 23.3. The van der Waals surface area contributed by atoms with Crippen LogP contribution < -0.4 is 9.64 Å². The zero-order chi connectivity index (χ0) is 31.7. The number of para-hydroxylation sites is 1.